The monoisotopic (exact) mass is 290 g/mol. The number of nitrogen functional groups attached to an aromatic ring is 1. The second kappa shape index (κ2) is 5.84. The molecule has 0 aliphatic carbocycles. The summed E-state index contributed by atoms with van der Waals surface area (Å²) in [5.74, 6) is 0.168. The molecule has 2 rings (SSSR count). The first-order chi connectivity index (χ1) is 9.52. The Labute approximate surface area is 122 Å². The summed E-state index contributed by atoms with van der Waals surface area (Å²) in [6.07, 6.45) is 0. The van der Waals surface area contributed by atoms with Crippen molar-refractivity contribution in [3.63, 3.8) is 0 Å². The summed E-state index contributed by atoms with van der Waals surface area (Å²) < 4.78 is 5.09. The van der Waals surface area contributed by atoms with E-state index in [0.717, 1.165) is 5.56 Å². The molecule has 0 saturated heterocycles. The molecule has 0 bridgehead atoms. The Morgan fingerprint density at radius 1 is 1.30 bits per heavy atom. The predicted molar refractivity (Wildman–Crippen MR) is 81.5 cm³/mol. The fraction of sp³-hybridized carbons (Fsp3) is 0.133. The van der Waals surface area contributed by atoms with Crippen LogP contribution in [0.15, 0.2) is 36.4 Å². The van der Waals surface area contributed by atoms with Gasteiger partial charge in [0.2, 0.25) is 0 Å². The van der Waals surface area contributed by atoms with Crippen molar-refractivity contribution in [1.29, 1.82) is 0 Å². The van der Waals surface area contributed by atoms with Crippen LogP contribution in [0.1, 0.15) is 15.9 Å². The van der Waals surface area contributed by atoms with Gasteiger partial charge in [-0.15, -0.1) is 0 Å². The van der Waals surface area contributed by atoms with Gasteiger partial charge in [0.25, 0.3) is 5.91 Å². The van der Waals surface area contributed by atoms with Crippen LogP contribution >= 0.6 is 11.6 Å². The molecular formula is C15H15ClN2O2. The lowest BCUT2D eigenvalue weighted by Gasteiger charge is -2.11. The molecule has 5 heteroatoms. The van der Waals surface area contributed by atoms with Gasteiger partial charge >= 0.3 is 0 Å². The number of halogens is 1. The maximum absolute atomic E-state index is 12.2. The van der Waals surface area contributed by atoms with Gasteiger partial charge in [-0.2, -0.15) is 0 Å². The summed E-state index contributed by atoms with van der Waals surface area (Å²) in [7, 11) is 1.51. The third-order valence-electron chi connectivity index (χ3n) is 2.96. The van der Waals surface area contributed by atoms with E-state index in [1.807, 2.05) is 13.0 Å². The first kappa shape index (κ1) is 14.2. The van der Waals surface area contributed by atoms with E-state index in [1.165, 1.54) is 7.11 Å². The van der Waals surface area contributed by atoms with Crippen LogP contribution in [0.2, 0.25) is 5.02 Å². The lowest BCUT2D eigenvalue weighted by Crippen LogP contribution is -2.14. The minimum atomic E-state index is -0.304. The van der Waals surface area contributed by atoms with Gasteiger partial charge in [0.15, 0.2) is 0 Å². The Kier molecular flexibility index (Phi) is 4.15. The molecule has 0 aromatic heterocycles. The van der Waals surface area contributed by atoms with Crippen LogP contribution in [0, 0.1) is 6.92 Å². The normalized spacial score (nSPS) is 10.2. The number of anilines is 2. The zero-order valence-corrected chi connectivity index (χ0v) is 12.0. The predicted octanol–water partition coefficient (Wildman–Crippen LogP) is 3.49. The first-order valence-electron chi connectivity index (χ1n) is 6.03. The van der Waals surface area contributed by atoms with E-state index in [9.17, 15) is 4.79 Å². The highest BCUT2D eigenvalue weighted by Gasteiger charge is 2.13. The molecule has 0 aliphatic heterocycles. The standard InChI is InChI=1S/C15H15ClN2O2/c1-9-6-7-10(8-12(9)16)18-15(19)11-4-3-5-13(20-2)14(11)17/h3-8H,17H2,1-2H3,(H,18,19). The Bertz CT molecular complexity index is 656. The van der Waals surface area contributed by atoms with Gasteiger partial charge in [-0.1, -0.05) is 23.7 Å². The fourth-order valence-corrected chi connectivity index (χ4v) is 1.97. The average Bonchev–Trinajstić information content (AvgIpc) is 2.43. The van der Waals surface area contributed by atoms with Gasteiger partial charge in [-0.25, -0.2) is 0 Å². The quantitative estimate of drug-likeness (QED) is 0.851. The summed E-state index contributed by atoms with van der Waals surface area (Å²) in [5, 5.41) is 3.36. The molecule has 0 aliphatic rings. The Hall–Kier alpha value is -2.20. The van der Waals surface area contributed by atoms with Crippen LogP contribution in [-0.2, 0) is 0 Å². The Balaban J connectivity index is 2.26. The minimum absolute atomic E-state index is 0.304. The van der Waals surface area contributed by atoms with Gasteiger partial charge < -0.3 is 15.8 Å². The third-order valence-corrected chi connectivity index (χ3v) is 3.37. The van der Waals surface area contributed by atoms with E-state index in [0.29, 0.717) is 27.7 Å². The van der Waals surface area contributed by atoms with Crippen molar-refractivity contribution in [3.05, 3.63) is 52.5 Å². The van der Waals surface area contributed by atoms with Gasteiger partial charge in [0.05, 0.1) is 18.4 Å². The van der Waals surface area contributed by atoms with E-state index in [-0.39, 0.29) is 5.91 Å². The molecule has 0 heterocycles. The zero-order chi connectivity index (χ0) is 14.7. The van der Waals surface area contributed by atoms with Crippen molar-refractivity contribution in [3.8, 4) is 5.75 Å². The molecule has 0 unspecified atom stereocenters. The van der Waals surface area contributed by atoms with Crippen molar-refractivity contribution in [2.75, 3.05) is 18.2 Å². The number of nitrogens with one attached hydrogen (secondary N) is 1. The topological polar surface area (TPSA) is 64.3 Å². The Morgan fingerprint density at radius 2 is 2.05 bits per heavy atom. The summed E-state index contributed by atoms with van der Waals surface area (Å²) >= 11 is 6.03. The number of carbonyl (C=O) groups excluding carboxylic acids is 1. The molecular weight excluding hydrogens is 276 g/mol. The highest BCUT2D eigenvalue weighted by Crippen LogP contribution is 2.26. The van der Waals surface area contributed by atoms with Crippen molar-refractivity contribution >= 4 is 28.9 Å². The first-order valence-corrected chi connectivity index (χ1v) is 6.40. The van der Waals surface area contributed by atoms with Crippen LogP contribution in [0.4, 0.5) is 11.4 Å². The molecule has 0 saturated carbocycles. The molecule has 0 spiro atoms. The van der Waals surface area contributed by atoms with Crippen LogP contribution in [0.5, 0.6) is 5.75 Å². The number of methoxy groups -OCH3 is 1. The van der Waals surface area contributed by atoms with Crippen LogP contribution in [0.25, 0.3) is 0 Å². The number of rotatable bonds is 3. The van der Waals surface area contributed by atoms with E-state index in [1.54, 1.807) is 30.3 Å². The summed E-state index contributed by atoms with van der Waals surface area (Å²) in [6, 6.07) is 10.4. The van der Waals surface area contributed by atoms with Gasteiger partial charge in [-0.3, -0.25) is 4.79 Å². The van der Waals surface area contributed by atoms with Crippen LogP contribution < -0.4 is 15.8 Å². The Morgan fingerprint density at radius 3 is 2.70 bits per heavy atom. The molecule has 4 nitrogen and oxygen atoms in total. The molecule has 0 atom stereocenters. The van der Waals surface area contributed by atoms with Crippen LogP contribution in [0.3, 0.4) is 0 Å². The molecule has 0 radical (unpaired) electrons. The number of hydrogen-bond acceptors (Lipinski definition) is 3. The van der Waals surface area contributed by atoms with E-state index in [4.69, 9.17) is 22.1 Å². The maximum Gasteiger partial charge on any atom is 0.257 e. The summed E-state index contributed by atoms with van der Waals surface area (Å²) in [6.45, 7) is 1.90. The smallest absolute Gasteiger partial charge is 0.257 e. The molecule has 2 aromatic rings. The average molecular weight is 291 g/mol. The number of nitrogens with two attached hydrogens (primary N) is 1. The second-order valence-electron chi connectivity index (χ2n) is 4.34. The highest BCUT2D eigenvalue weighted by atomic mass is 35.5. The van der Waals surface area contributed by atoms with Gasteiger partial charge in [0.1, 0.15) is 5.75 Å². The highest BCUT2D eigenvalue weighted by molar-refractivity contribution is 6.31. The number of aryl methyl sites for hydroxylation is 1. The minimum Gasteiger partial charge on any atom is -0.495 e. The molecule has 104 valence electrons. The SMILES string of the molecule is COc1cccc(C(=O)Nc2ccc(C)c(Cl)c2)c1N. The summed E-state index contributed by atoms with van der Waals surface area (Å²) in [4.78, 5) is 12.2. The largest absolute Gasteiger partial charge is 0.495 e. The van der Waals surface area contributed by atoms with Gasteiger partial charge in [-0.05, 0) is 36.8 Å². The molecule has 2 aromatic carbocycles. The van der Waals surface area contributed by atoms with E-state index in [2.05, 4.69) is 5.32 Å². The van der Waals surface area contributed by atoms with Crippen molar-refractivity contribution in [2.24, 2.45) is 0 Å². The van der Waals surface area contributed by atoms with Gasteiger partial charge in [0, 0.05) is 10.7 Å². The number of amides is 1. The second-order valence-corrected chi connectivity index (χ2v) is 4.75. The molecule has 3 N–H and O–H groups in total. The van der Waals surface area contributed by atoms with Crippen molar-refractivity contribution in [2.45, 2.75) is 6.92 Å². The summed E-state index contributed by atoms with van der Waals surface area (Å²) in [5.41, 5.74) is 8.13. The van der Waals surface area contributed by atoms with Crippen LogP contribution in [-0.4, -0.2) is 13.0 Å². The lowest BCUT2D eigenvalue weighted by molar-refractivity contribution is 0.102. The molecule has 20 heavy (non-hydrogen) atoms. The van der Waals surface area contributed by atoms with E-state index < -0.39 is 0 Å². The van der Waals surface area contributed by atoms with E-state index >= 15 is 0 Å². The number of hydrogen-bond donors (Lipinski definition) is 2. The van der Waals surface area contributed by atoms with Crippen molar-refractivity contribution in [1.82, 2.24) is 0 Å². The van der Waals surface area contributed by atoms with Crippen molar-refractivity contribution < 1.29 is 9.53 Å². The molecule has 0 fully saturated rings. The number of para-hydroxylation sites is 1. The maximum atomic E-state index is 12.2. The molecule has 1 amide bonds. The lowest BCUT2D eigenvalue weighted by atomic mass is 10.1. The number of ether oxygens (including phenoxy) is 1. The number of benzene rings is 2. The zero-order valence-electron chi connectivity index (χ0n) is 11.2. The number of carbonyl (C=O) groups is 1. The fourth-order valence-electron chi connectivity index (χ4n) is 1.79. The third kappa shape index (κ3) is 2.86.